The Hall–Kier alpha value is -2.90. The molecule has 1 fully saturated rings. The first-order valence-electron chi connectivity index (χ1n) is 12.3. The fourth-order valence-electron chi connectivity index (χ4n) is 4.42. The quantitative estimate of drug-likeness (QED) is 0.258. The molecule has 8 nitrogen and oxygen atoms in total. The molecular formula is C26H40N4O4. The highest BCUT2D eigenvalue weighted by atomic mass is 16.5. The Bertz CT molecular complexity index is 858. The van der Waals surface area contributed by atoms with E-state index in [2.05, 4.69) is 12.2 Å². The van der Waals surface area contributed by atoms with Crippen molar-refractivity contribution >= 4 is 23.6 Å². The zero-order chi connectivity index (χ0) is 25.3. The zero-order valence-electron chi connectivity index (χ0n) is 21.0. The molecule has 0 aliphatic carbocycles. The van der Waals surface area contributed by atoms with Crippen molar-refractivity contribution in [2.75, 3.05) is 19.7 Å². The Morgan fingerprint density at radius 3 is 2.26 bits per heavy atom. The van der Waals surface area contributed by atoms with Gasteiger partial charge in [0.1, 0.15) is 5.84 Å². The number of likely N-dealkylation sites (tertiary alicyclic amines) is 1. The van der Waals surface area contributed by atoms with Crippen LogP contribution in [0.2, 0.25) is 0 Å². The van der Waals surface area contributed by atoms with Crippen molar-refractivity contribution < 1.29 is 19.1 Å². The number of nitrogens with one attached hydrogen (secondary N) is 2. The standard InChI is InChI=1S/C26H40N4O4/c1-5-7-8-21(29-24(32)20-11-9-19(10-12-20)23(27)28)26(3,4)25(33)30-15-13-18(14-16-30)17-22(31)34-6-2/h9-12,18,21H,5-8,13-17H2,1-4H3,(H3,27,28)(H,29,32). The maximum Gasteiger partial charge on any atom is 0.306 e. The topological polar surface area (TPSA) is 126 Å². The van der Waals surface area contributed by atoms with E-state index in [4.69, 9.17) is 15.9 Å². The predicted molar refractivity (Wildman–Crippen MR) is 133 cm³/mol. The van der Waals surface area contributed by atoms with Gasteiger partial charge in [0.2, 0.25) is 5.91 Å². The summed E-state index contributed by atoms with van der Waals surface area (Å²) in [6.07, 6.45) is 4.50. The van der Waals surface area contributed by atoms with Crippen molar-refractivity contribution in [3.8, 4) is 0 Å². The third kappa shape index (κ3) is 7.30. The Morgan fingerprint density at radius 1 is 1.15 bits per heavy atom. The van der Waals surface area contributed by atoms with Crippen molar-refractivity contribution in [2.24, 2.45) is 17.1 Å². The first-order chi connectivity index (χ1) is 16.1. The van der Waals surface area contributed by atoms with Gasteiger partial charge in [-0.2, -0.15) is 0 Å². The average Bonchev–Trinajstić information content (AvgIpc) is 2.81. The van der Waals surface area contributed by atoms with E-state index in [1.165, 1.54) is 0 Å². The van der Waals surface area contributed by atoms with Crippen LogP contribution in [0.25, 0.3) is 0 Å². The second kappa shape index (κ2) is 12.5. The molecule has 34 heavy (non-hydrogen) atoms. The Balaban J connectivity index is 2.06. The van der Waals surface area contributed by atoms with Crippen LogP contribution in [0, 0.1) is 16.7 Å². The normalized spacial score (nSPS) is 15.5. The molecule has 0 aromatic heterocycles. The van der Waals surface area contributed by atoms with Crippen LogP contribution in [0.15, 0.2) is 24.3 Å². The summed E-state index contributed by atoms with van der Waals surface area (Å²) < 4.78 is 5.06. The van der Waals surface area contributed by atoms with Gasteiger partial charge >= 0.3 is 5.97 Å². The fraction of sp³-hybridized carbons (Fsp3) is 0.615. The summed E-state index contributed by atoms with van der Waals surface area (Å²) >= 11 is 0. The first-order valence-corrected chi connectivity index (χ1v) is 12.3. The molecule has 1 aliphatic rings. The van der Waals surface area contributed by atoms with Gasteiger partial charge in [-0.1, -0.05) is 31.9 Å². The largest absolute Gasteiger partial charge is 0.466 e. The number of nitrogens with zero attached hydrogens (tertiary/aromatic N) is 1. The zero-order valence-corrected chi connectivity index (χ0v) is 21.0. The number of carbonyl (C=O) groups excluding carboxylic acids is 3. The smallest absolute Gasteiger partial charge is 0.306 e. The number of amides is 2. The molecule has 1 unspecified atom stereocenters. The van der Waals surface area contributed by atoms with Crippen LogP contribution in [0.1, 0.15) is 82.1 Å². The third-order valence-electron chi connectivity index (χ3n) is 6.69. The Labute approximate surface area is 203 Å². The summed E-state index contributed by atoms with van der Waals surface area (Å²) in [6, 6.07) is 6.26. The Kier molecular flexibility index (Phi) is 10.1. The molecule has 2 amide bonds. The molecule has 0 radical (unpaired) electrons. The van der Waals surface area contributed by atoms with Gasteiger partial charge in [0.05, 0.1) is 12.0 Å². The molecule has 188 valence electrons. The molecule has 1 aromatic carbocycles. The summed E-state index contributed by atoms with van der Waals surface area (Å²) in [6.45, 7) is 9.29. The molecule has 1 heterocycles. The van der Waals surface area contributed by atoms with Crippen LogP contribution < -0.4 is 11.1 Å². The second-order valence-corrected chi connectivity index (χ2v) is 9.63. The van der Waals surface area contributed by atoms with E-state index in [0.29, 0.717) is 43.7 Å². The van der Waals surface area contributed by atoms with Gasteiger partial charge in [-0.25, -0.2) is 0 Å². The minimum atomic E-state index is -0.780. The lowest BCUT2D eigenvalue weighted by molar-refractivity contribution is -0.145. The lowest BCUT2D eigenvalue weighted by atomic mass is 9.79. The van der Waals surface area contributed by atoms with Gasteiger partial charge in [-0.15, -0.1) is 0 Å². The molecule has 0 bridgehead atoms. The van der Waals surface area contributed by atoms with Crippen LogP contribution in [-0.4, -0.2) is 54.3 Å². The molecule has 4 N–H and O–H groups in total. The van der Waals surface area contributed by atoms with Crippen molar-refractivity contribution in [2.45, 2.75) is 72.3 Å². The summed E-state index contributed by atoms with van der Waals surface area (Å²) in [7, 11) is 0. The lowest BCUT2D eigenvalue weighted by Crippen LogP contribution is -2.55. The fourth-order valence-corrected chi connectivity index (χ4v) is 4.42. The molecule has 0 spiro atoms. The van der Waals surface area contributed by atoms with E-state index in [0.717, 1.165) is 25.7 Å². The minimum Gasteiger partial charge on any atom is -0.466 e. The highest BCUT2D eigenvalue weighted by molar-refractivity contribution is 5.98. The summed E-state index contributed by atoms with van der Waals surface area (Å²) in [4.78, 5) is 40.2. The van der Waals surface area contributed by atoms with E-state index < -0.39 is 5.41 Å². The van der Waals surface area contributed by atoms with Gasteiger partial charge < -0.3 is 20.7 Å². The molecule has 1 aliphatic heterocycles. The molecular weight excluding hydrogens is 432 g/mol. The number of amidine groups is 1. The van der Waals surface area contributed by atoms with Gasteiger partial charge in [-0.3, -0.25) is 19.8 Å². The maximum atomic E-state index is 13.5. The predicted octanol–water partition coefficient (Wildman–Crippen LogP) is 3.48. The average molecular weight is 473 g/mol. The van der Waals surface area contributed by atoms with E-state index in [1.807, 2.05) is 18.7 Å². The number of rotatable bonds is 11. The monoisotopic (exact) mass is 472 g/mol. The molecule has 8 heteroatoms. The summed E-state index contributed by atoms with van der Waals surface area (Å²) in [5, 5.41) is 10.6. The van der Waals surface area contributed by atoms with Crippen LogP contribution in [0.5, 0.6) is 0 Å². The third-order valence-corrected chi connectivity index (χ3v) is 6.69. The van der Waals surface area contributed by atoms with Crippen LogP contribution >= 0.6 is 0 Å². The SMILES string of the molecule is CCCCC(NC(=O)c1ccc(C(=N)N)cc1)C(C)(C)C(=O)N1CCC(CC(=O)OCC)CC1. The minimum absolute atomic E-state index is 0.0235. The van der Waals surface area contributed by atoms with Gasteiger partial charge in [0.15, 0.2) is 0 Å². The summed E-state index contributed by atoms with van der Waals surface area (Å²) in [5.74, 6) is -0.211. The van der Waals surface area contributed by atoms with Gasteiger partial charge in [0.25, 0.3) is 5.91 Å². The van der Waals surface area contributed by atoms with Crippen LogP contribution in [0.3, 0.4) is 0 Å². The number of piperidine rings is 1. The Morgan fingerprint density at radius 2 is 1.74 bits per heavy atom. The number of nitrogens with two attached hydrogens (primary N) is 1. The van der Waals surface area contributed by atoms with E-state index >= 15 is 0 Å². The molecule has 1 atom stereocenters. The molecule has 2 rings (SSSR count). The number of benzene rings is 1. The first kappa shape index (κ1) is 27.3. The lowest BCUT2D eigenvalue weighted by Gasteiger charge is -2.40. The highest BCUT2D eigenvalue weighted by Gasteiger charge is 2.41. The second-order valence-electron chi connectivity index (χ2n) is 9.63. The number of ether oxygens (including phenoxy) is 1. The van der Waals surface area contributed by atoms with Crippen LogP contribution in [-0.2, 0) is 14.3 Å². The van der Waals surface area contributed by atoms with Crippen molar-refractivity contribution in [3.63, 3.8) is 0 Å². The molecule has 1 aromatic rings. The van der Waals surface area contributed by atoms with Gasteiger partial charge in [0, 0.05) is 36.7 Å². The van der Waals surface area contributed by atoms with Gasteiger partial charge in [-0.05, 0) is 58.1 Å². The highest BCUT2D eigenvalue weighted by Crippen LogP contribution is 2.31. The van der Waals surface area contributed by atoms with E-state index in [1.54, 1.807) is 31.2 Å². The number of hydrogen-bond donors (Lipinski definition) is 3. The van der Waals surface area contributed by atoms with Crippen LogP contribution in [0.4, 0.5) is 0 Å². The van der Waals surface area contributed by atoms with E-state index in [9.17, 15) is 14.4 Å². The maximum absolute atomic E-state index is 13.5. The van der Waals surface area contributed by atoms with Crippen molar-refractivity contribution in [3.05, 3.63) is 35.4 Å². The number of unbranched alkanes of at least 4 members (excludes halogenated alkanes) is 1. The molecule has 0 saturated carbocycles. The molecule has 1 saturated heterocycles. The summed E-state index contributed by atoms with van der Waals surface area (Å²) in [5.41, 5.74) is 5.74. The number of nitrogen functional groups attached to an aromatic ring is 1. The number of carbonyl (C=O) groups is 3. The van der Waals surface area contributed by atoms with E-state index in [-0.39, 0.29) is 35.6 Å². The number of hydrogen-bond acceptors (Lipinski definition) is 5. The number of esters is 1. The van der Waals surface area contributed by atoms with Crippen molar-refractivity contribution in [1.29, 1.82) is 5.41 Å². The van der Waals surface area contributed by atoms with Crippen molar-refractivity contribution in [1.82, 2.24) is 10.2 Å².